The molecule has 2 N–H and O–H groups in total. The molecule has 2 heterocycles. The monoisotopic (exact) mass is 391 g/mol. The summed E-state index contributed by atoms with van der Waals surface area (Å²) < 4.78 is 5.51. The summed E-state index contributed by atoms with van der Waals surface area (Å²) in [5, 5.41) is 5.86. The molecule has 2 aromatic carbocycles. The molecule has 0 radical (unpaired) electrons. The number of hydrogen-bond donors (Lipinski definition) is 2. The van der Waals surface area contributed by atoms with E-state index in [0.29, 0.717) is 11.5 Å². The molecule has 0 aliphatic carbocycles. The van der Waals surface area contributed by atoms with Crippen LogP contribution in [-0.2, 0) is 6.54 Å². The van der Waals surface area contributed by atoms with Crippen LogP contribution in [0.25, 0.3) is 11.3 Å². The number of carbonyl (C=O) groups is 1. The first-order valence-electron chi connectivity index (χ1n) is 9.76. The van der Waals surface area contributed by atoms with Gasteiger partial charge in [0.2, 0.25) is 0 Å². The van der Waals surface area contributed by atoms with E-state index in [4.69, 9.17) is 4.42 Å². The van der Waals surface area contributed by atoms with Gasteiger partial charge in [0.25, 0.3) is 0 Å². The number of nitrogens with one attached hydrogen (secondary N) is 2. The minimum absolute atomic E-state index is 0.270. The van der Waals surface area contributed by atoms with Crippen LogP contribution in [0.2, 0.25) is 0 Å². The van der Waals surface area contributed by atoms with Gasteiger partial charge in [-0.25, -0.2) is 9.78 Å². The van der Waals surface area contributed by atoms with Crippen molar-refractivity contribution in [2.75, 3.05) is 43.4 Å². The van der Waals surface area contributed by atoms with Crippen molar-refractivity contribution >= 4 is 17.4 Å². The normalized spacial score (nSPS) is 14.6. The maximum absolute atomic E-state index is 12.5. The summed E-state index contributed by atoms with van der Waals surface area (Å²) in [6.07, 6.45) is 1.40. The zero-order chi connectivity index (χ0) is 20.1. The molecule has 7 heteroatoms. The van der Waals surface area contributed by atoms with E-state index in [-0.39, 0.29) is 12.6 Å². The lowest BCUT2D eigenvalue weighted by Gasteiger charge is -2.35. The lowest BCUT2D eigenvalue weighted by molar-refractivity contribution is 0.251. The highest BCUT2D eigenvalue weighted by Gasteiger charge is 2.18. The second-order valence-electron chi connectivity index (χ2n) is 7.11. The van der Waals surface area contributed by atoms with Crippen molar-refractivity contribution in [3.63, 3.8) is 0 Å². The number of nitrogens with zero attached hydrogens (tertiary/aromatic N) is 3. The van der Waals surface area contributed by atoms with E-state index < -0.39 is 0 Å². The highest BCUT2D eigenvalue weighted by atomic mass is 16.3. The van der Waals surface area contributed by atoms with Gasteiger partial charge < -0.3 is 24.9 Å². The van der Waals surface area contributed by atoms with E-state index in [1.165, 1.54) is 6.39 Å². The Labute approximate surface area is 170 Å². The molecule has 1 aliphatic heterocycles. The Kier molecular flexibility index (Phi) is 5.76. The highest BCUT2D eigenvalue weighted by molar-refractivity contribution is 5.93. The fraction of sp³-hybridized carbons (Fsp3) is 0.273. The molecule has 1 saturated heterocycles. The van der Waals surface area contributed by atoms with Crippen LogP contribution < -0.4 is 15.5 Å². The fourth-order valence-electron chi connectivity index (χ4n) is 3.45. The van der Waals surface area contributed by atoms with E-state index in [0.717, 1.165) is 43.1 Å². The summed E-state index contributed by atoms with van der Waals surface area (Å²) in [4.78, 5) is 21.4. The van der Waals surface area contributed by atoms with Crippen molar-refractivity contribution in [3.8, 4) is 11.3 Å². The van der Waals surface area contributed by atoms with Crippen molar-refractivity contribution in [2.24, 2.45) is 0 Å². The molecule has 1 aromatic heterocycles. The second-order valence-corrected chi connectivity index (χ2v) is 7.11. The van der Waals surface area contributed by atoms with Gasteiger partial charge in [0.1, 0.15) is 5.69 Å². The molecular weight excluding hydrogens is 366 g/mol. The van der Waals surface area contributed by atoms with Crippen LogP contribution in [-0.4, -0.2) is 49.1 Å². The number of anilines is 2. The van der Waals surface area contributed by atoms with E-state index >= 15 is 0 Å². The molecule has 4 rings (SSSR count). The van der Waals surface area contributed by atoms with Crippen molar-refractivity contribution < 1.29 is 9.21 Å². The molecule has 1 aliphatic rings. The highest BCUT2D eigenvalue weighted by Crippen LogP contribution is 2.26. The van der Waals surface area contributed by atoms with E-state index in [2.05, 4.69) is 32.5 Å². The van der Waals surface area contributed by atoms with Crippen molar-refractivity contribution in [2.45, 2.75) is 6.54 Å². The third-order valence-corrected chi connectivity index (χ3v) is 5.09. The first kappa shape index (κ1) is 19.0. The van der Waals surface area contributed by atoms with Crippen LogP contribution in [0.1, 0.15) is 5.69 Å². The Bertz CT molecular complexity index is 949. The predicted molar refractivity (Wildman–Crippen MR) is 114 cm³/mol. The Morgan fingerprint density at radius 2 is 1.76 bits per heavy atom. The molecule has 2 amide bonds. The minimum Gasteiger partial charge on any atom is -0.443 e. The number of oxazole rings is 1. The predicted octanol–water partition coefficient (Wildman–Crippen LogP) is 3.42. The van der Waals surface area contributed by atoms with Gasteiger partial charge in [0, 0.05) is 31.7 Å². The number of benzene rings is 2. The zero-order valence-corrected chi connectivity index (χ0v) is 16.5. The summed E-state index contributed by atoms with van der Waals surface area (Å²) in [6.45, 7) is 4.18. The number of rotatable bonds is 5. The molecule has 0 spiro atoms. The quantitative estimate of drug-likeness (QED) is 0.697. The summed E-state index contributed by atoms with van der Waals surface area (Å²) >= 11 is 0. The number of likely N-dealkylation sites (N-methyl/N-ethyl adjacent to an activating group) is 1. The maximum atomic E-state index is 12.5. The second kappa shape index (κ2) is 8.79. The molecule has 3 aromatic rings. The molecule has 29 heavy (non-hydrogen) atoms. The molecule has 0 atom stereocenters. The molecule has 0 unspecified atom stereocenters. The Balaban J connectivity index is 1.40. The SMILES string of the molecule is CN1CCN(c2ccccc2NC(=O)NCc2ncoc2-c2ccccc2)CC1. The number of urea groups is 1. The summed E-state index contributed by atoms with van der Waals surface area (Å²) in [5.74, 6) is 0.670. The van der Waals surface area contributed by atoms with Gasteiger partial charge in [-0.1, -0.05) is 42.5 Å². The number of para-hydroxylation sites is 2. The molecular formula is C22H25N5O2. The van der Waals surface area contributed by atoms with Gasteiger partial charge in [-0.05, 0) is 19.2 Å². The number of amides is 2. The summed E-state index contributed by atoms with van der Waals surface area (Å²) in [5.41, 5.74) is 3.47. The smallest absolute Gasteiger partial charge is 0.319 e. The van der Waals surface area contributed by atoms with Crippen LogP contribution in [0.3, 0.4) is 0 Å². The summed E-state index contributed by atoms with van der Waals surface area (Å²) in [7, 11) is 2.13. The average Bonchev–Trinajstić information content (AvgIpc) is 3.23. The number of carbonyl (C=O) groups excluding carboxylic acids is 1. The number of piperazine rings is 1. The molecule has 0 bridgehead atoms. The van der Waals surface area contributed by atoms with Crippen LogP contribution in [0.15, 0.2) is 65.4 Å². The first-order valence-corrected chi connectivity index (χ1v) is 9.76. The minimum atomic E-state index is -0.270. The van der Waals surface area contributed by atoms with E-state index in [1.807, 2.05) is 54.6 Å². The van der Waals surface area contributed by atoms with Gasteiger partial charge in [0.05, 0.1) is 17.9 Å². The lowest BCUT2D eigenvalue weighted by atomic mass is 10.1. The summed E-state index contributed by atoms with van der Waals surface area (Å²) in [6, 6.07) is 17.4. The van der Waals surface area contributed by atoms with Gasteiger partial charge in [0.15, 0.2) is 12.2 Å². The molecule has 0 saturated carbocycles. The van der Waals surface area contributed by atoms with Gasteiger partial charge >= 0.3 is 6.03 Å². The van der Waals surface area contributed by atoms with E-state index in [1.54, 1.807) is 0 Å². The van der Waals surface area contributed by atoms with Crippen LogP contribution in [0, 0.1) is 0 Å². The van der Waals surface area contributed by atoms with Gasteiger partial charge in [-0.3, -0.25) is 0 Å². The molecule has 1 fully saturated rings. The average molecular weight is 391 g/mol. The fourth-order valence-corrected chi connectivity index (χ4v) is 3.45. The first-order chi connectivity index (χ1) is 14.2. The van der Waals surface area contributed by atoms with E-state index in [9.17, 15) is 4.79 Å². The van der Waals surface area contributed by atoms with Gasteiger partial charge in [-0.2, -0.15) is 0 Å². The maximum Gasteiger partial charge on any atom is 0.319 e. The van der Waals surface area contributed by atoms with Crippen LogP contribution >= 0.6 is 0 Å². The van der Waals surface area contributed by atoms with Crippen LogP contribution in [0.4, 0.5) is 16.2 Å². The van der Waals surface area contributed by atoms with Crippen LogP contribution in [0.5, 0.6) is 0 Å². The van der Waals surface area contributed by atoms with Crippen molar-refractivity contribution in [1.29, 1.82) is 0 Å². The number of aromatic nitrogens is 1. The third-order valence-electron chi connectivity index (χ3n) is 5.09. The Morgan fingerprint density at radius 3 is 2.55 bits per heavy atom. The molecule has 150 valence electrons. The zero-order valence-electron chi connectivity index (χ0n) is 16.5. The van der Waals surface area contributed by atoms with Gasteiger partial charge in [-0.15, -0.1) is 0 Å². The molecule has 7 nitrogen and oxygen atoms in total. The van der Waals surface area contributed by atoms with Crippen molar-refractivity contribution in [3.05, 3.63) is 66.7 Å². The number of hydrogen-bond acceptors (Lipinski definition) is 5. The third kappa shape index (κ3) is 4.57. The van der Waals surface area contributed by atoms with Crippen molar-refractivity contribution in [1.82, 2.24) is 15.2 Å². The largest absolute Gasteiger partial charge is 0.443 e. The standard InChI is InChI=1S/C22H25N5O2/c1-26-11-13-27(14-12-26)20-10-6-5-9-18(20)25-22(28)23-15-19-21(29-16-24-19)17-7-3-2-4-8-17/h2-10,16H,11-15H2,1H3,(H2,23,25,28). The Morgan fingerprint density at radius 1 is 1.03 bits per heavy atom. The Hall–Kier alpha value is -3.32. The topological polar surface area (TPSA) is 73.6 Å². The lowest BCUT2D eigenvalue weighted by Crippen LogP contribution is -2.44.